The first-order valence-corrected chi connectivity index (χ1v) is 8.15. The van der Waals surface area contributed by atoms with Crippen molar-refractivity contribution >= 4 is 17.3 Å². The third kappa shape index (κ3) is 4.20. The molecule has 1 aliphatic heterocycles. The number of nitrogens with one attached hydrogen (secondary N) is 2. The van der Waals surface area contributed by atoms with Crippen LogP contribution in [0.25, 0.3) is 0 Å². The molecule has 0 aliphatic carbocycles. The van der Waals surface area contributed by atoms with Crippen molar-refractivity contribution in [1.82, 2.24) is 9.97 Å². The monoisotopic (exact) mass is 312 g/mol. The van der Waals surface area contributed by atoms with E-state index in [9.17, 15) is 0 Å². The summed E-state index contributed by atoms with van der Waals surface area (Å²) in [6, 6.07) is 8.25. The summed E-state index contributed by atoms with van der Waals surface area (Å²) in [4.78, 5) is 8.92. The van der Waals surface area contributed by atoms with Gasteiger partial charge in [-0.05, 0) is 56.9 Å². The lowest BCUT2D eigenvalue weighted by atomic mass is 10.1. The lowest BCUT2D eigenvalue weighted by Crippen LogP contribution is -2.19. The van der Waals surface area contributed by atoms with Crippen LogP contribution in [0.1, 0.15) is 29.8 Å². The standard InChI is InChI=1S/C18H24N4O/c1-12-6-7-15(9-13(12)2)22-18-10-17(20-14(3)21-18)19-11-16-5-4-8-23-16/h6-7,9-10,16H,4-5,8,11H2,1-3H3,(H2,19,20,21,22). The molecule has 3 rings (SSSR count). The molecule has 1 aromatic heterocycles. The highest BCUT2D eigenvalue weighted by atomic mass is 16.5. The molecule has 0 amide bonds. The van der Waals surface area contributed by atoms with Gasteiger partial charge in [0.2, 0.25) is 0 Å². The first kappa shape index (κ1) is 15.7. The third-order valence-electron chi connectivity index (χ3n) is 4.15. The number of hydrogen-bond acceptors (Lipinski definition) is 5. The molecule has 5 nitrogen and oxygen atoms in total. The molecule has 0 radical (unpaired) electrons. The lowest BCUT2D eigenvalue weighted by molar-refractivity contribution is 0.120. The van der Waals surface area contributed by atoms with Crippen LogP contribution in [0, 0.1) is 20.8 Å². The van der Waals surface area contributed by atoms with Crippen molar-refractivity contribution < 1.29 is 4.74 Å². The number of benzene rings is 1. The molecule has 2 aromatic rings. The molecule has 5 heteroatoms. The van der Waals surface area contributed by atoms with Crippen molar-refractivity contribution in [3.05, 3.63) is 41.2 Å². The maximum absolute atomic E-state index is 5.63. The molecule has 1 aliphatic rings. The van der Waals surface area contributed by atoms with Gasteiger partial charge in [0.25, 0.3) is 0 Å². The number of aromatic nitrogens is 2. The summed E-state index contributed by atoms with van der Waals surface area (Å²) in [5, 5.41) is 6.72. The molecule has 2 heterocycles. The fourth-order valence-electron chi connectivity index (χ4n) is 2.71. The minimum absolute atomic E-state index is 0.293. The van der Waals surface area contributed by atoms with Crippen LogP contribution in [-0.2, 0) is 4.74 Å². The minimum atomic E-state index is 0.293. The van der Waals surface area contributed by atoms with Gasteiger partial charge in [-0.15, -0.1) is 0 Å². The van der Waals surface area contributed by atoms with E-state index < -0.39 is 0 Å². The first-order valence-electron chi connectivity index (χ1n) is 8.15. The minimum Gasteiger partial charge on any atom is -0.376 e. The molecular weight excluding hydrogens is 288 g/mol. The molecule has 1 aromatic carbocycles. The molecule has 1 unspecified atom stereocenters. The summed E-state index contributed by atoms with van der Waals surface area (Å²) in [6.07, 6.45) is 2.56. The van der Waals surface area contributed by atoms with Gasteiger partial charge in [-0.3, -0.25) is 0 Å². The highest BCUT2D eigenvalue weighted by Crippen LogP contribution is 2.20. The van der Waals surface area contributed by atoms with Gasteiger partial charge in [0.05, 0.1) is 6.10 Å². The van der Waals surface area contributed by atoms with Crippen LogP contribution in [0.4, 0.5) is 17.3 Å². The topological polar surface area (TPSA) is 59.1 Å². The second-order valence-electron chi connectivity index (χ2n) is 6.13. The number of aryl methyl sites for hydroxylation is 3. The molecule has 23 heavy (non-hydrogen) atoms. The zero-order valence-electron chi connectivity index (χ0n) is 14.0. The number of nitrogens with zero attached hydrogens (tertiary/aromatic N) is 2. The van der Waals surface area contributed by atoms with E-state index in [1.807, 2.05) is 13.0 Å². The van der Waals surface area contributed by atoms with Gasteiger partial charge in [-0.2, -0.15) is 0 Å². The first-order chi connectivity index (χ1) is 11.1. The zero-order valence-corrected chi connectivity index (χ0v) is 14.0. The number of hydrogen-bond donors (Lipinski definition) is 2. The van der Waals surface area contributed by atoms with Gasteiger partial charge >= 0.3 is 0 Å². The maximum atomic E-state index is 5.63. The van der Waals surface area contributed by atoms with Crippen LogP contribution in [0.5, 0.6) is 0 Å². The Bertz CT molecular complexity index is 681. The molecule has 1 saturated heterocycles. The Morgan fingerprint density at radius 3 is 2.65 bits per heavy atom. The van der Waals surface area contributed by atoms with Crippen molar-refractivity contribution in [2.75, 3.05) is 23.8 Å². The SMILES string of the molecule is Cc1nc(NCC2CCCO2)cc(Nc2ccc(C)c(C)c2)n1. The van der Waals surface area contributed by atoms with E-state index in [-0.39, 0.29) is 0 Å². The molecule has 1 fully saturated rings. The van der Waals surface area contributed by atoms with Gasteiger partial charge in [-0.25, -0.2) is 9.97 Å². The zero-order chi connectivity index (χ0) is 16.2. The van der Waals surface area contributed by atoms with Gasteiger partial charge in [0, 0.05) is 24.9 Å². The Morgan fingerprint density at radius 1 is 1.09 bits per heavy atom. The summed E-state index contributed by atoms with van der Waals surface area (Å²) >= 11 is 0. The fraction of sp³-hybridized carbons (Fsp3) is 0.444. The fourth-order valence-corrected chi connectivity index (χ4v) is 2.71. The van der Waals surface area contributed by atoms with Crippen LogP contribution in [-0.4, -0.2) is 29.2 Å². The number of anilines is 3. The average Bonchev–Trinajstić information content (AvgIpc) is 3.02. The van der Waals surface area contributed by atoms with Crippen molar-refractivity contribution in [2.45, 2.75) is 39.7 Å². The van der Waals surface area contributed by atoms with Gasteiger partial charge in [0.1, 0.15) is 17.5 Å². The molecule has 2 N–H and O–H groups in total. The number of rotatable bonds is 5. The van der Waals surface area contributed by atoms with Crippen molar-refractivity contribution in [2.24, 2.45) is 0 Å². The van der Waals surface area contributed by atoms with Crippen LogP contribution < -0.4 is 10.6 Å². The Morgan fingerprint density at radius 2 is 1.91 bits per heavy atom. The second kappa shape index (κ2) is 6.96. The summed E-state index contributed by atoms with van der Waals surface area (Å²) < 4.78 is 5.63. The Balaban J connectivity index is 1.70. The predicted octanol–water partition coefficient (Wildman–Crippen LogP) is 3.74. The van der Waals surface area contributed by atoms with Crippen molar-refractivity contribution in [3.63, 3.8) is 0 Å². The van der Waals surface area contributed by atoms with Gasteiger partial charge in [0.15, 0.2) is 0 Å². The second-order valence-corrected chi connectivity index (χ2v) is 6.13. The van der Waals surface area contributed by atoms with E-state index in [0.717, 1.165) is 49.1 Å². The molecule has 122 valence electrons. The van der Waals surface area contributed by atoms with E-state index in [0.29, 0.717) is 6.10 Å². The molecule has 0 spiro atoms. The summed E-state index contributed by atoms with van der Waals surface area (Å²) in [5.74, 6) is 2.38. The normalized spacial score (nSPS) is 17.3. The number of ether oxygens (including phenoxy) is 1. The molecule has 0 saturated carbocycles. The van der Waals surface area contributed by atoms with Crippen molar-refractivity contribution in [1.29, 1.82) is 0 Å². The highest BCUT2D eigenvalue weighted by Gasteiger charge is 2.15. The largest absolute Gasteiger partial charge is 0.376 e. The van der Waals surface area contributed by atoms with Crippen LogP contribution >= 0.6 is 0 Å². The smallest absolute Gasteiger partial charge is 0.136 e. The van der Waals surface area contributed by atoms with E-state index in [4.69, 9.17) is 4.74 Å². The summed E-state index contributed by atoms with van der Waals surface area (Å²) in [7, 11) is 0. The Labute approximate surface area is 137 Å². The van der Waals surface area contributed by atoms with E-state index in [2.05, 4.69) is 52.6 Å². The Hall–Kier alpha value is -2.14. The Kier molecular flexibility index (Phi) is 4.76. The third-order valence-corrected chi connectivity index (χ3v) is 4.15. The maximum Gasteiger partial charge on any atom is 0.136 e. The van der Waals surface area contributed by atoms with Crippen LogP contribution in [0.15, 0.2) is 24.3 Å². The summed E-state index contributed by atoms with van der Waals surface area (Å²) in [5.41, 5.74) is 3.59. The molecule has 1 atom stereocenters. The van der Waals surface area contributed by atoms with Crippen LogP contribution in [0.3, 0.4) is 0 Å². The highest BCUT2D eigenvalue weighted by molar-refractivity contribution is 5.60. The average molecular weight is 312 g/mol. The van der Waals surface area contributed by atoms with Crippen LogP contribution in [0.2, 0.25) is 0 Å². The lowest BCUT2D eigenvalue weighted by Gasteiger charge is -2.13. The van der Waals surface area contributed by atoms with E-state index >= 15 is 0 Å². The molecule has 0 bridgehead atoms. The van der Waals surface area contributed by atoms with Crippen molar-refractivity contribution in [3.8, 4) is 0 Å². The molecular formula is C18H24N4O. The summed E-state index contributed by atoms with van der Waals surface area (Å²) in [6.45, 7) is 7.79. The predicted molar refractivity (Wildman–Crippen MR) is 93.4 cm³/mol. The van der Waals surface area contributed by atoms with Gasteiger partial charge in [-0.1, -0.05) is 6.07 Å². The van der Waals surface area contributed by atoms with Gasteiger partial charge < -0.3 is 15.4 Å². The quantitative estimate of drug-likeness (QED) is 0.881. The van der Waals surface area contributed by atoms with E-state index in [1.165, 1.54) is 11.1 Å². The van der Waals surface area contributed by atoms with E-state index in [1.54, 1.807) is 0 Å².